The van der Waals surface area contributed by atoms with Crippen LogP contribution in [0.2, 0.25) is 0 Å². The molecule has 0 saturated heterocycles. The second-order valence-corrected chi connectivity index (χ2v) is 5.61. The molecule has 5 nitrogen and oxygen atoms in total. The summed E-state index contributed by atoms with van der Waals surface area (Å²) in [6, 6.07) is 6.51. The van der Waals surface area contributed by atoms with E-state index >= 15 is 0 Å². The van der Waals surface area contributed by atoms with Gasteiger partial charge in [-0.05, 0) is 54.8 Å². The molecular formula is C18H17F3N4O. The molecule has 0 unspecified atom stereocenters. The first-order valence-electron chi connectivity index (χ1n) is 7.59. The Bertz CT molecular complexity index is 874. The van der Waals surface area contributed by atoms with Crippen LogP contribution in [0.1, 0.15) is 30.0 Å². The molecule has 0 spiro atoms. The normalized spacial score (nSPS) is 12.5. The highest BCUT2D eigenvalue weighted by molar-refractivity contribution is 6.12. The maximum atomic E-state index is 13.5. The van der Waals surface area contributed by atoms with Crippen molar-refractivity contribution in [2.45, 2.75) is 19.8 Å². The SMILES string of the molecule is C/C(N)=C(/C=Nc1cc(Cc2cc(F)cc(C(F)F)c2)ccn1)C(N)=O. The lowest BCUT2D eigenvalue weighted by Gasteiger charge is -2.06. The van der Waals surface area contributed by atoms with E-state index in [1.54, 1.807) is 12.1 Å². The number of carbonyl (C=O) groups is 1. The van der Waals surface area contributed by atoms with Crippen molar-refractivity contribution in [2.24, 2.45) is 16.5 Å². The van der Waals surface area contributed by atoms with E-state index in [-0.39, 0.29) is 29.1 Å². The number of rotatable bonds is 6. The molecule has 0 fully saturated rings. The van der Waals surface area contributed by atoms with Gasteiger partial charge in [-0.3, -0.25) is 4.79 Å². The predicted octanol–water partition coefficient (Wildman–Crippen LogP) is 3.17. The van der Waals surface area contributed by atoms with Gasteiger partial charge in [0.15, 0.2) is 5.82 Å². The summed E-state index contributed by atoms with van der Waals surface area (Å²) in [5.41, 5.74) is 11.8. The number of carbonyl (C=O) groups excluding carboxylic acids is 1. The fourth-order valence-corrected chi connectivity index (χ4v) is 2.27. The molecule has 0 radical (unpaired) electrons. The van der Waals surface area contributed by atoms with Crippen LogP contribution in [0.5, 0.6) is 0 Å². The number of nitrogens with zero attached hydrogens (tertiary/aromatic N) is 2. The van der Waals surface area contributed by atoms with Crippen LogP contribution in [-0.4, -0.2) is 17.1 Å². The van der Waals surface area contributed by atoms with E-state index in [0.29, 0.717) is 11.1 Å². The third kappa shape index (κ3) is 5.17. The molecule has 1 aromatic carbocycles. The highest BCUT2D eigenvalue weighted by atomic mass is 19.3. The average Bonchev–Trinajstić information content (AvgIpc) is 2.54. The van der Waals surface area contributed by atoms with Crippen molar-refractivity contribution in [2.75, 3.05) is 0 Å². The van der Waals surface area contributed by atoms with Gasteiger partial charge in [-0.25, -0.2) is 23.1 Å². The van der Waals surface area contributed by atoms with Crippen LogP contribution in [0, 0.1) is 5.82 Å². The van der Waals surface area contributed by atoms with Crippen LogP contribution < -0.4 is 11.5 Å². The quantitative estimate of drug-likeness (QED) is 0.610. The van der Waals surface area contributed by atoms with Gasteiger partial charge >= 0.3 is 0 Å². The van der Waals surface area contributed by atoms with Gasteiger partial charge in [0.1, 0.15) is 5.82 Å². The molecule has 26 heavy (non-hydrogen) atoms. The predicted molar refractivity (Wildman–Crippen MR) is 92.6 cm³/mol. The lowest BCUT2D eigenvalue weighted by Crippen LogP contribution is -2.18. The minimum Gasteiger partial charge on any atom is -0.402 e. The number of halogens is 3. The standard InChI is InChI=1S/C18H17F3N4O/c1-10(22)15(18(23)26)9-25-16-7-11(2-3-24-16)4-12-5-13(17(20)21)8-14(19)6-12/h2-3,5-9,17H,4,22H2,1H3,(H2,23,26)/b15-10+,25-9?. The Hall–Kier alpha value is -3.16. The molecule has 0 aliphatic rings. The highest BCUT2D eigenvalue weighted by Gasteiger charge is 2.11. The lowest BCUT2D eigenvalue weighted by atomic mass is 10.0. The van der Waals surface area contributed by atoms with E-state index in [2.05, 4.69) is 9.98 Å². The fourth-order valence-electron chi connectivity index (χ4n) is 2.27. The Morgan fingerprint density at radius 1 is 1.23 bits per heavy atom. The second kappa shape index (κ2) is 8.28. The molecule has 136 valence electrons. The van der Waals surface area contributed by atoms with E-state index in [9.17, 15) is 18.0 Å². The van der Waals surface area contributed by atoms with Crippen LogP contribution in [-0.2, 0) is 11.2 Å². The summed E-state index contributed by atoms with van der Waals surface area (Å²) in [4.78, 5) is 19.3. The molecule has 1 amide bonds. The Balaban J connectivity index is 2.25. The van der Waals surface area contributed by atoms with E-state index in [4.69, 9.17) is 11.5 Å². The number of benzene rings is 1. The summed E-state index contributed by atoms with van der Waals surface area (Å²) in [7, 11) is 0. The summed E-state index contributed by atoms with van der Waals surface area (Å²) >= 11 is 0. The number of aliphatic imine (C=N–C) groups is 1. The number of amides is 1. The van der Waals surface area contributed by atoms with Crippen molar-refractivity contribution in [1.82, 2.24) is 4.98 Å². The summed E-state index contributed by atoms with van der Waals surface area (Å²) in [6.45, 7) is 1.51. The van der Waals surface area contributed by atoms with Crippen molar-refractivity contribution in [3.8, 4) is 0 Å². The summed E-state index contributed by atoms with van der Waals surface area (Å²) in [5, 5.41) is 0. The number of hydrogen-bond donors (Lipinski definition) is 2. The van der Waals surface area contributed by atoms with Crippen LogP contribution in [0.25, 0.3) is 0 Å². The lowest BCUT2D eigenvalue weighted by molar-refractivity contribution is -0.114. The molecule has 8 heteroatoms. The molecule has 0 aliphatic carbocycles. The van der Waals surface area contributed by atoms with E-state index in [1.165, 1.54) is 31.5 Å². The van der Waals surface area contributed by atoms with E-state index in [0.717, 1.165) is 6.07 Å². The van der Waals surface area contributed by atoms with Crippen LogP contribution in [0.15, 0.2) is 52.8 Å². The average molecular weight is 362 g/mol. The van der Waals surface area contributed by atoms with Gasteiger partial charge in [-0.15, -0.1) is 0 Å². The maximum absolute atomic E-state index is 13.5. The van der Waals surface area contributed by atoms with E-state index in [1.807, 2.05) is 0 Å². The topological polar surface area (TPSA) is 94.4 Å². The van der Waals surface area contributed by atoms with Crippen molar-refractivity contribution < 1.29 is 18.0 Å². The first-order chi connectivity index (χ1) is 12.3. The molecular weight excluding hydrogens is 345 g/mol. The van der Waals surface area contributed by atoms with Crippen molar-refractivity contribution in [1.29, 1.82) is 0 Å². The van der Waals surface area contributed by atoms with Crippen molar-refractivity contribution >= 4 is 17.9 Å². The molecule has 0 saturated carbocycles. The monoisotopic (exact) mass is 362 g/mol. The number of aromatic nitrogens is 1. The molecule has 1 heterocycles. The van der Waals surface area contributed by atoms with Gasteiger partial charge in [0.25, 0.3) is 12.3 Å². The second-order valence-electron chi connectivity index (χ2n) is 5.61. The van der Waals surface area contributed by atoms with Crippen LogP contribution in [0.4, 0.5) is 19.0 Å². The Kier molecular flexibility index (Phi) is 6.11. The molecule has 0 aliphatic heterocycles. The minimum absolute atomic E-state index is 0.0592. The van der Waals surface area contributed by atoms with Crippen molar-refractivity contribution in [3.05, 3.63) is 70.3 Å². The molecule has 1 aromatic heterocycles. The fraction of sp³-hybridized carbons (Fsp3) is 0.167. The van der Waals surface area contributed by atoms with Crippen LogP contribution >= 0.6 is 0 Å². The molecule has 0 atom stereocenters. The van der Waals surface area contributed by atoms with Gasteiger partial charge in [0, 0.05) is 23.7 Å². The van der Waals surface area contributed by atoms with Gasteiger partial charge in [-0.1, -0.05) is 0 Å². The molecule has 2 rings (SSSR count). The number of allylic oxidation sites excluding steroid dienone is 1. The minimum atomic E-state index is -2.75. The smallest absolute Gasteiger partial charge is 0.263 e. The molecule has 0 bridgehead atoms. The zero-order chi connectivity index (χ0) is 19.3. The number of nitrogens with two attached hydrogens (primary N) is 2. The zero-order valence-corrected chi connectivity index (χ0v) is 13.9. The Morgan fingerprint density at radius 2 is 1.96 bits per heavy atom. The largest absolute Gasteiger partial charge is 0.402 e. The number of hydrogen-bond acceptors (Lipinski definition) is 4. The third-order valence-corrected chi connectivity index (χ3v) is 3.47. The number of pyridine rings is 1. The van der Waals surface area contributed by atoms with Gasteiger partial charge < -0.3 is 11.5 Å². The van der Waals surface area contributed by atoms with Gasteiger partial charge in [0.2, 0.25) is 0 Å². The number of primary amides is 1. The first-order valence-corrected chi connectivity index (χ1v) is 7.59. The molecule has 4 N–H and O–H groups in total. The zero-order valence-electron chi connectivity index (χ0n) is 13.9. The Labute approximate surface area is 148 Å². The first kappa shape index (κ1) is 19.2. The summed E-state index contributed by atoms with van der Waals surface area (Å²) < 4.78 is 39.1. The van der Waals surface area contributed by atoms with Gasteiger partial charge in [-0.2, -0.15) is 0 Å². The van der Waals surface area contributed by atoms with E-state index < -0.39 is 18.1 Å². The molecule has 2 aromatic rings. The summed E-state index contributed by atoms with van der Waals surface area (Å²) in [5.74, 6) is -1.17. The van der Waals surface area contributed by atoms with Crippen LogP contribution in [0.3, 0.4) is 0 Å². The highest BCUT2D eigenvalue weighted by Crippen LogP contribution is 2.23. The van der Waals surface area contributed by atoms with Crippen molar-refractivity contribution in [3.63, 3.8) is 0 Å². The third-order valence-electron chi connectivity index (χ3n) is 3.47. The van der Waals surface area contributed by atoms with Gasteiger partial charge in [0.05, 0.1) is 5.57 Å². The Morgan fingerprint density at radius 3 is 2.58 bits per heavy atom. The maximum Gasteiger partial charge on any atom is 0.263 e. The number of alkyl halides is 2. The summed E-state index contributed by atoms with van der Waals surface area (Å²) in [6.07, 6.45) is 0.149.